The van der Waals surface area contributed by atoms with Crippen molar-refractivity contribution in [1.82, 2.24) is 0 Å². The van der Waals surface area contributed by atoms with Crippen LogP contribution in [0, 0.1) is 10.1 Å². The zero-order chi connectivity index (χ0) is 13.8. The SMILES string of the molecule is CC(C)(C)SCC(=O)Nc1cccc([N+](=O)[O-])c1. The molecule has 0 spiro atoms. The Balaban J connectivity index is 2.59. The number of carbonyl (C=O) groups excluding carboxylic acids is 1. The second kappa shape index (κ2) is 5.86. The van der Waals surface area contributed by atoms with Crippen molar-refractivity contribution in [2.45, 2.75) is 25.5 Å². The third-order valence-electron chi connectivity index (χ3n) is 1.98. The number of nitrogens with zero attached hydrogens (tertiary/aromatic N) is 1. The number of hydrogen-bond donors (Lipinski definition) is 1. The molecule has 1 aromatic rings. The highest BCUT2D eigenvalue weighted by Crippen LogP contribution is 2.23. The Labute approximate surface area is 110 Å². The van der Waals surface area contributed by atoms with Crippen LogP contribution < -0.4 is 5.32 Å². The first-order chi connectivity index (χ1) is 8.28. The second-order valence-electron chi connectivity index (χ2n) is 4.76. The number of hydrogen-bond acceptors (Lipinski definition) is 4. The first-order valence-electron chi connectivity index (χ1n) is 5.46. The molecule has 6 heteroatoms. The van der Waals surface area contributed by atoms with Gasteiger partial charge in [0.2, 0.25) is 5.91 Å². The molecule has 0 unspecified atom stereocenters. The molecule has 0 fully saturated rings. The van der Waals surface area contributed by atoms with Crippen LogP contribution in [0.1, 0.15) is 20.8 Å². The molecule has 0 aliphatic carbocycles. The molecular weight excluding hydrogens is 252 g/mol. The summed E-state index contributed by atoms with van der Waals surface area (Å²) in [7, 11) is 0. The third kappa shape index (κ3) is 5.18. The number of thioether (sulfide) groups is 1. The number of amides is 1. The largest absolute Gasteiger partial charge is 0.325 e. The van der Waals surface area contributed by atoms with Gasteiger partial charge in [-0.05, 0) is 6.07 Å². The monoisotopic (exact) mass is 268 g/mol. The lowest BCUT2D eigenvalue weighted by molar-refractivity contribution is -0.384. The summed E-state index contributed by atoms with van der Waals surface area (Å²) in [5.41, 5.74) is 0.417. The van der Waals surface area contributed by atoms with Crippen LogP contribution in [0.3, 0.4) is 0 Å². The minimum atomic E-state index is -0.487. The zero-order valence-corrected chi connectivity index (χ0v) is 11.4. The van der Waals surface area contributed by atoms with E-state index in [-0.39, 0.29) is 16.3 Å². The van der Waals surface area contributed by atoms with E-state index in [9.17, 15) is 14.9 Å². The van der Waals surface area contributed by atoms with Crippen LogP contribution in [0.5, 0.6) is 0 Å². The van der Waals surface area contributed by atoms with Gasteiger partial charge in [0.05, 0.1) is 10.7 Å². The van der Waals surface area contributed by atoms with Crippen LogP contribution in [-0.2, 0) is 4.79 Å². The van der Waals surface area contributed by atoms with Gasteiger partial charge in [-0.15, -0.1) is 11.8 Å². The molecule has 98 valence electrons. The van der Waals surface area contributed by atoms with Gasteiger partial charge in [0.25, 0.3) is 5.69 Å². The maximum absolute atomic E-state index is 11.6. The quantitative estimate of drug-likeness (QED) is 0.673. The molecule has 18 heavy (non-hydrogen) atoms. The molecule has 0 radical (unpaired) electrons. The molecule has 1 N–H and O–H groups in total. The number of carbonyl (C=O) groups is 1. The Morgan fingerprint density at radius 3 is 2.67 bits per heavy atom. The van der Waals surface area contributed by atoms with Gasteiger partial charge >= 0.3 is 0 Å². The van der Waals surface area contributed by atoms with Crippen molar-refractivity contribution in [3.05, 3.63) is 34.4 Å². The van der Waals surface area contributed by atoms with Crippen LogP contribution in [0.2, 0.25) is 0 Å². The highest BCUT2D eigenvalue weighted by Gasteiger charge is 2.14. The molecule has 0 aliphatic rings. The standard InChI is InChI=1S/C12H16N2O3S/c1-12(2,3)18-8-11(15)13-9-5-4-6-10(7-9)14(16)17/h4-7H,8H2,1-3H3,(H,13,15). The van der Waals surface area contributed by atoms with E-state index in [1.807, 2.05) is 20.8 Å². The number of nitro benzene ring substituents is 1. The summed E-state index contributed by atoms with van der Waals surface area (Å²) >= 11 is 1.53. The molecule has 5 nitrogen and oxygen atoms in total. The van der Waals surface area contributed by atoms with Gasteiger partial charge in [0.15, 0.2) is 0 Å². The summed E-state index contributed by atoms with van der Waals surface area (Å²) in [6.45, 7) is 6.08. The smallest absolute Gasteiger partial charge is 0.271 e. The van der Waals surface area contributed by atoms with Gasteiger partial charge in [0.1, 0.15) is 0 Å². The van der Waals surface area contributed by atoms with E-state index < -0.39 is 4.92 Å². The molecule has 0 atom stereocenters. The van der Waals surface area contributed by atoms with E-state index in [0.29, 0.717) is 11.4 Å². The molecule has 0 heterocycles. The van der Waals surface area contributed by atoms with Gasteiger partial charge < -0.3 is 5.32 Å². The van der Waals surface area contributed by atoms with Crippen molar-refractivity contribution in [2.75, 3.05) is 11.1 Å². The first kappa shape index (κ1) is 14.5. The van der Waals surface area contributed by atoms with Crippen molar-refractivity contribution < 1.29 is 9.72 Å². The van der Waals surface area contributed by atoms with E-state index in [0.717, 1.165) is 0 Å². The number of nitrogens with one attached hydrogen (secondary N) is 1. The Morgan fingerprint density at radius 2 is 2.11 bits per heavy atom. The second-order valence-corrected chi connectivity index (χ2v) is 6.56. The number of rotatable bonds is 4. The normalized spacial score (nSPS) is 11.1. The fraction of sp³-hybridized carbons (Fsp3) is 0.417. The first-order valence-corrected chi connectivity index (χ1v) is 6.45. The Morgan fingerprint density at radius 1 is 1.44 bits per heavy atom. The number of nitro groups is 1. The van der Waals surface area contributed by atoms with Crippen LogP contribution in [0.25, 0.3) is 0 Å². The lowest BCUT2D eigenvalue weighted by Gasteiger charge is -2.16. The Kier molecular flexibility index (Phi) is 4.72. The minimum Gasteiger partial charge on any atom is -0.325 e. The summed E-state index contributed by atoms with van der Waals surface area (Å²) in [6.07, 6.45) is 0. The predicted molar refractivity (Wildman–Crippen MR) is 73.9 cm³/mol. The van der Waals surface area contributed by atoms with E-state index in [1.54, 1.807) is 12.1 Å². The van der Waals surface area contributed by atoms with Crippen LogP contribution in [-0.4, -0.2) is 21.3 Å². The molecule has 1 aromatic carbocycles. The van der Waals surface area contributed by atoms with Gasteiger partial charge in [-0.1, -0.05) is 26.8 Å². The van der Waals surface area contributed by atoms with E-state index >= 15 is 0 Å². The van der Waals surface area contributed by atoms with Crippen LogP contribution in [0.4, 0.5) is 11.4 Å². The number of non-ortho nitro benzene ring substituents is 1. The average Bonchev–Trinajstić information content (AvgIpc) is 2.26. The minimum absolute atomic E-state index is 0.0139. The molecule has 1 amide bonds. The van der Waals surface area contributed by atoms with Crippen molar-refractivity contribution in [3.63, 3.8) is 0 Å². The maximum Gasteiger partial charge on any atom is 0.271 e. The van der Waals surface area contributed by atoms with Gasteiger partial charge in [-0.3, -0.25) is 14.9 Å². The predicted octanol–water partition coefficient (Wildman–Crippen LogP) is 3.07. The Bertz CT molecular complexity index is 455. The molecule has 0 aromatic heterocycles. The average molecular weight is 268 g/mol. The maximum atomic E-state index is 11.6. The lowest BCUT2D eigenvalue weighted by Crippen LogP contribution is -2.18. The summed E-state index contributed by atoms with van der Waals surface area (Å²) in [5.74, 6) is 0.169. The van der Waals surface area contributed by atoms with Crippen molar-refractivity contribution in [3.8, 4) is 0 Å². The van der Waals surface area contributed by atoms with Gasteiger partial charge in [-0.25, -0.2) is 0 Å². The summed E-state index contributed by atoms with van der Waals surface area (Å²) < 4.78 is 0.0139. The van der Waals surface area contributed by atoms with Gasteiger partial charge in [-0.2, -0.15) is 0 Å². The molecule has 0 bridgehead atoms. The van der Waals surface area contributed by atoms with E-state index in [1.165, 1.54) is 23.9 Å². The van der Waals surface area contributed by atoms with Crippen molar-refractivity contribution in [2.24, 2.45) is 0 Å². The highest BCUT2D eigenvalue weighted by molar-refractivity contribution is 8.01. The fourth-order valence-corrected chi connectivity index (χ4v) is 1.81. The molecular formula is C12H16N2O3S. The van der Waals surface area contributed by atoms with Gasteiger partial charge in [0, 0.05) is 22.6 Å². The molecule has 1 rings (SSSR count). The number of benzene rings is 1. The fourth-order valence-electron chi connectivity index (χ4n) is 1.18. The lowest BCUT2D eigenvalue weighted by atomic mass is 10.3. The van der Waals surface area contributed by atoms with E-state index in [2.05, 4.69) is 5.32 Å². The van der Waals surface area contributed by atoms with Crippen LogP contribution >= 0.6 is 11.8 Å². The van der Waals surface area contributed by atoms with E-state index in [4.69, 9.17) is 0 Å². The zero-order valence-electron chi connectivity index (χ0n) is 10.6. The summed E-state index contributed by atoms with van der Waals surface area (Å²) in [6, 6.07) is 5.91. The molecule has 0 aliphatic heterocycles. The summed E-state index contributed by atoms with van der Waals surface area (Å²) in [5, 5.41) is 13.2. The van der Waals surface area contributed by atoms with Crippen LogP contribution in [0.15, 0.2) is 24.3 Å². The molecule has 0 saturated heterocycles. The third-order valence-corrected chi connectivity index (χ3v) is 3.25. The molecule has 0 saturated carbocycles. The summed E-state index contributed by atoms with van der Waals surface area (Å²) in [4.78, 5) is 21.7. The Hall–Kier alpha value is -1.56. The topological polar surface area (TPSA) is 72.2 Å². The van der Waals surface area contributed by atoms with Crippen molar-refractivity contribution >= 4 is 29.0 Å². The number of anilines is 1. The van der Waals surface area contributed by atoms with Crippen molar-refractivity contribution in [1.29, 1.82) is 0 Å². The highest BCUT2D eigenvalue weighted by atomic mass is 32.2.